The molecule has 102 valence electrons. The van der Waals surface area contributed by atoms with Gasteiger partial charge in [-0.15, -0.1) is 0 Å². The predicted molar refractivity (Wildman–Crippen MR) is 81.1 cm³/mol. The quantitative estimate of drug-likeness (QED) is 0.856. The average molecular weight is 257 g/mol. The van der Waals surface area contributed by atoms with E-state index in [1.54, 1.807) is 0 Å². The first kappa shape index (κ1) is 13.7. The van der Waals surface area contributed by atoms with Gasteiger partial charge in [0.1, 0.15) is 0 Å². The Labute approximate surface area is 115 Å². The third kappa shape index (κ3) is 3.16. The van der Waals surface area contributed by atoms with Gasteiger partial charge in [0.05, 0.1) is 5.69 Å². The monoisotopic (exact) mass is 257 g/mol. The molecule has 1 N–H and O–H groups in total. The zero-order valence-electron chi connectivity index (χ0n) is 12.3. The fourth-order valence-corrected chi connectivity index (χ4v) is 2.29. The minimum absolute atomic E-state index is 0.499. The Bertz CT molecular complexity index is 541. The number of rotatable bonds is 5. The summed E-state index contributed by atoms with van der Waals surface area (Å²) in [6.07, 6.45) is 3.21. The minimum Gasteiger partial charge on any atom is -0.325 e. The topological polar surface area (TPSA) is 29.9 Å². The zero-order valence-corrected chi connectivity index (χ0v) is 12.3. The summed E-state index contributed by atoms with van der Waals surface area (Å²) in [4.78, 5) is 4.58. The summed E-state index contributed by atoms with van der Waals surface area (Å²) in [6.45, 7) is 9.63. The van der Waals surface area contributed by atoms with E-state index in [0.29, 0.717) is 5.92 Å². The molecule has 0 radical (unpaired) electrons. The van der Waals surface area contributed by atoms with E-state index in [1.807, 2.05) is 6.92 Å². The van der Waals surface area contributed by atoms with Gasteiger partial charge in [0.15, 0.2) is 0 Å². The molecule has 19 heavy (non-hydrogen) atoms. The Morgan fingerprint density at radius 2 is 2.00 bits per heavy atom. The van der Waals surface area contributed by atoms with Crippen LogP contribution in [0.4, 0.5) is 11.6 Å². The third-order valence-electron chi connectivity index (χ3n) is 3.19. The van der Waals surface area contributed by atoms with Crippen LogP contribution in [-0.4, -0.2) is 9.55 Å². The Hall–Kier alpha value is -1.77. The molecule has 3 nitrogen and oxygen atoms in total. The Balaban J connectivity index is 2.31. The van der Waals surface area contributed by atoms with Crippen LogP contribution < -0.4 is 5.32 Å². The molecule has 2 rings (SSSR count). The summed E-state index contributed by atoms with van der Waals surface area (Å²) in [5.41, 5.74) is 3.53. The molecule has 2 aromatic rings. The highest BCUT2D eigenvalue weighted by atomic mass is 15.2. The number of nitrogens with zero attached hydrogens (tertiary/aromatic N) is 2. The summed E-state index contributed by atoms with van der Waals surface area (Å²) >= 11 is 0. The molecule has 0 amide bonds. The zero-order chi connectivity index (χ0) is 13.8. The number of hydrogen-bond acceptors (Lipinski definition) is 2. The van der Waals surface area contributed by atoms with Gasteiger partial charge >= 0.3 is 0 Å². The molecule has 0 bridgehead atoms. The van der Waals surface area contributed by atoms with Crippen molar-refractivity contribution >= 4 is 11.6 Å². The highest BCUT2D eigenvalue weighted by molar-refractivity contribution is 5.59. The second kappa shape index (κ2) is 5.91. The molecule has 1 heterocycles. The lowest BCUT2D eigenvalue weighted by atomic mass is 10.0. The molecule has 0 aliphatic carbocycles. The van der Waals surface area contributed by atoms with Gasteiger partial charge in [-0.25, -0.2) is 4.98 Å². The smallest absolute Gasteiger partial charge is 0.207 e. The fraction of sp³-hybridized carbons (Fsp3) is 0.438. The standard InChI is InChI=1S/C16H23N3/c1-5-10-19-11-13(4)17-16(19)18-15-9-7-6-8-14(15)12(2)3/h6-9,11-12H,5,10H2,1-4H3,(H,17,18). The SMILES string of the molecule is CCCn1cc(C)nc1Nc1ccccc1C(C)C. The van der Waals surface area contributed by atoms with Crippen LogP contribution in [0.2, 0.25) is 0 Å². The molecule has 0 atom stereocenters. The third-order valence-corrected chi connectivity index (χ3v) is 3.19. The second-order valence-electron chi connectivity index (χ2n) is 5.27. The molecule has 0 spiro atoms. The fourth-order valence-electron chi connectivity index (χ4n) is 2.29. The van der Waals surface area contributed by atoms with Crippen molar-refractivity contribution in [3.05, 3.63) is 41.7 Å². The number of para-hydroxylation sites is 1. The van der Waals surface area contributed by atoms with Gasteiger partial charge in [-0.2, -0.15) is 0 Å². The molecule has 0 saturated heterocycles. The summed E-state index contributed by atoms with van der Waals surface area (Å²) in [5, 5.41) is 3.48. The van der Waals surface area contributed by atoms with Crippen molar-refractivity contribution in [1.29, 1.82) is 0 Å². The van der Waals surface area contributed by atoms with Crippen molar-refractivity contribution < 1.29 is 0 Å². The second-order valence-corrected chi connectivity index (χ2v) is 5.27. The van der Waals surface area contributed by atoms with Gasteiger partial charge in [-0.1, -0.05) is 39.0 Å². The van der Waals surface area contributed by atoms with Crippen molar-refractivity contribution in [2.45, 2.75) is 46.6 Å². The predicted octanol–water partition coefficient (Wildman–Crippen LogP) is 4.47. The van der Waals surface area contributed by atoms with E-state index in [4.69, 9.17) is 0 Å². The van der Waals surface area contributed by atoms with Crippen molar-refractivity contribution in [2.75, 3.05) is 5.32 Å². The number of aryl methyl sites for hydroxylation is 2. The summed E-state index contributed by atoms with van der Waals surface area (Å²) in [5.74, 6) is 1.44. The number of benzene rings is 1. The average Bonchev–Trinajstić information content (AvgIpc) is 2.70. The molecule has 0 fully saturated rings. The minimum atomic E-state index is 0.499. The van der Waals surface area contributed by atoms with Crippen LogP contribution in [-0.2, 0) is 6.54 Å². The van der Waals surface area contributed by atoms with E-state index in [0.717, 1.165) is 30.3 Å². The van der Waals surface area contributed by atoms with Crippen molar-refractivity contribution in [1.82, 2.24) is 9.55 Å². The van der Waals surface area contributed by atoms with Gasteiger partial charge in [-0.05, 0) is 30.9 Å². The number of nitrogens with one attached hydrogen (secondary N) is 1. The Morgan fingerprint density at radius 1 is 1.26 bits per heavy atom. The van der Waals surface area contributed by atoms with Crippen LogP contribution in [0, 0.1) is 6.92 Å². The van der Waals surface area contributed by atoms with Gasteiger partial charge < -0.3 is 9.88 Å². The lowest BCUT2D eigenvalue weighted by Crippen LogP contribution is -2.05. The highest BCUT2D eigenvalue weighted by Gasteiger charge is 2.09. The number of aromatic nitrogens is 2. The lowest BCUT2D eigenvalue weighted by molar-refractivity contribution is 0.686. The van der Waals surface area contributed by atoms with Gasteiger partial charge in [0, 0.05) is 18.4 Å². The van der Waals surface area contributed by atoms with Crippen molar-refractivity contribution in [3.63, 3.8) is 0 Å². The number of anilines is 2. The normalized spacial score (nSPS) is 11.0. The van der Waals surface area contributed by atoms with E-state index in [2.05, 4.69) is 66.1 Å². The first-order chi connectivity index (χ1) is 9.11. The molecule has 0 unspecified atom stereocenters. The summed E-state index contributed by atoms with van der Waals surface area (Å²) in [7, 11) is 0. The number of hydrogen-bond donors (Lipinski definition) is 1. The first-order valence-electron chi connectivity index (χ1n) is 7.01. The van der Waals surface area contributed by atoms with Crippen LogP contribution in [0.5, 0.6) is 0 Å². The maximum absolute atomic E-state index is 4.58. The molecule has 3 heteroatoms. The van der Waals surface area contributed by atoms with Crippen LogP contribution in [0.15, 0.2) is 30.5 Å². The maximum Gasteiger partial charge on any atom is 0.207 e. The largest absolute Gasteiger partial charge is 0.325 e. The summed E-state index contributed by atoms with van der Waals surface area (Å²) < 4.78 is 2.19. The molecule has 0 aliphatic rings. The van der Waals surface area contributed by atoms with Crippen molar-refractivity contribution in [2.24, 2.45) is 0 Å². The van der Waals surface area contributed by atoms with Gasteiger partial charge in [0.25, 0.3) is 0 Å². The Kier molecular flexibility index (Phi) is 4.25. The molecule has 0 saturated carbocycles. The van der Waals surface area contributed by atoms with Gasteiger partial charge in [-0.3, -0.25) is 0 Å². The number of imidazole rings is 1. The molecule has 1 aromatic carbocycles. The van der Waals surface area contributed by atoms with E-state index < -0.39 is 0 Å². The van der Waals surface area contributed by atoms with E-state index in [9.17, 15) is 0 Å². The van der Waals surface area contributed by atoms with Crippen molar-refractivity contribution in [3.8, 4) is 0 Å². The summed E-state index contributed by atoms with van der Waals surface area (Å²) in [6, 6.07) is 8.45. The Morgan fingerprint density at radius 3 is 2.68 bits per heavy atom. The molecular formula is C16H23N3. The van der Waals surface area contributed by atoms with E-state index in [1.165, 1.54) is 5.56 Å². The molecule has 1 aromatic heterocycles. The van der Waals surface area contributed by atoms with Crippen LogP contribution in [0.1, 0.15) is 44.4 Å². The van der Waals surface area contributed by atoms with E-state index in [-0.39, 0.29) is 0 Å². The maximum atomic E-state index is 4.58. The molecule has 0 aliphatic heterocycles. The lowest BCUT2D eigenvalue weighted by Gasteiger charge is -2.15. The molecular weight excluding hydrogens is 234 g/mol. The highest BCUT2D eigenvalue weighted by Crippen LogP contribution is 2.26. The first-order valence-corrected chi connectivity index (χ1v) is 7.01. The van der Waals surface area contributed by atoms with Crippen LogP contribution >= 0.6 is 0 Å². The van der Waals surface area contributed by atoms with Crippen LogP contribution in [0.25, 0.3) is 0 Å². The van der Waals surface area contributed by atoms with E-state index >= 15 is 0 Å². The van der Waals surface area contributed by atoms with Gasteiger partial charge in [0.2, 0.25) is 5.95 Å². The van der Waals surface area contributed by atoms with Crippen LogP contribution in [0.3, 0.4) is 0 Å².